The average Bonchev–Trinajstić information content (AvgIpc) is 2.59. The monoisotopic (exact) mass is 360 g/mol. The van der Waals surface area contributed by atoms with Crippen LogP contribution in [0.4, 0.5) is 5.69 Å². The lowest BCUT2D eigenvalue weighted by Crippen LogP contribution is -2.41. The first-order chi connectivity index (χ1) is 11.9. The van der Waals surface area contributed by atoms with Gasteiger partial charge in [0.2, 0.25) is 5.91 Å². The van der Waals surface area contributed by atoms with E-state index in [1.54, 1.807) is 12.1 Å². The molecule has 0 aliphatic carbocycles. The third-order valence-corrected chi connectivity index (χ3v) is 4.47. The van der Waals surface area contributed by atoms with Gasteiger partial charge in [0.15, 0.2) is 0 Å². The molecular formula is C20H25ClN2O2. The van der Waals surface area contributed by atoms with E-state index in [0.29, 0.717) is 18.2 Å². The van der Waals surface area contributed by atoms with E-state index in [1.165, 1.54) is 0 Å². The number of ether oxygens (including phenoxy) is 1. The lowest BCUT2D eigenvalue weighted by molar-refractivity contribution is -0.120. The number of halogens is 1. The summed E-state index contributed by atoms with van der Waals surface area (Å²) in [5, 5.41) is 3.69. The minimum Gasteiger partial charge on any atom is -0.492 e. The number of rotatable bonds is 7. The van der Waals surface area contributed by atoms with Crippen molar-refractivity contribution in [2.75, 3.05) is 25.5 Å². The number of benzene rings is 2. The van der Waals surface area contributed by atoms with E-state index in [9.17, 15) is 4.79 Å². The Morgan fingerprint density at radius 3 is 2.56 bits per heavy atom. The molecule has 0 saturated heterocycles. The smallest absolute Gasteiger partial charge is 0.241 e. The van der Waals surface area contributed by atoms with Crippen LogP contribution in [0.2, 0.25) is 5.02 Å². The highest BCUT2D eigenvalue weighted by Crippen LogP contribution is 2.17. The van der Waals surface area contributed by atoms with Gasteiger partial charge < -0.3 is 10.1 Å². The Balaban J connectivity index is 1.84. The molecule has 1 atom stereocenters. The van der Waals surface area contributed by atoms with Crippen molar-refractivity contribution in [3.8, 4) is 5.75 Å². The van der Waals surface area contributed by atoms with E-state index >= 15 is 0 Å². The standard InChI is InChI=1S/C20H25ClN2O2/c1-14-5-6-15(2)19(13-14)22-20(24)16(3)23(4)11-12-25-18-9-7-17(21)8-10-18/h5-10,13,16H,11-12H2,1-4H3,(H,22,24)/t16-/m1/s1. The van der Waals surface area contributed by atoms with Crippen molar-refractivity contribution in [3.05, 3.63) is 58.6 Å². The Bertz CT molecular complexity index is 716. The number of carbonyl (C=O) groups excluding carboxylic acids is 1. The Morgan fingerprint density at radius 2 is 1.88 bits per heavy atom. The average molecular weight is 361 g/mol. The molecule has 134 valence electrons. The number of anilines is 1. The highest BCUT2D eigenvalue weighted by molar-refractivity contribution is 6.30. The van der Waals surface area contributed by atoms with Gasteiger partial charge in [-0.25, -0.2) is 0 Å². The maximum absolute atomic E-state index is 12.5. The SMILES string of the molecule is Cc1ccc(C)c(NC(=O)[C@@H](C)N(C)CCOc2ccc(Cl)cc2)c1. The molecule has 0 unspecified atom stereocenters. The highest BCUT2D eigenvalue weighted by atomic mass is 35.5. The third kappa shape index (κ3) is 5.76. The zero-order chi connectivity index (χ0) is 18.4. The second-order valence-electron chi connectivity index (χ2n) is 6.27. The van der Waals surface area contributed by atoms with Crippen LogP contribution in [-0.2, 0) is 4.79 Å². The summed E-state index contributed by atoms with van der Waals surface area (Å²) < 4.78 is 5.68. The van der Waals surface area contributed by atoms with Gasteiger partial charge in [0, 0.05) is 17.3 Å². The van der Waals surface area contributed by atoms with Crippen LogP contribution < -0.4 is 10.1 Å². The number of likely N-dealkylation sites (N-methyl/N-ethyl adjacent to an activating group) is 1. The summed E-state index contributed by atoms with van der Waals surface area (Å²) in [6.45, 7) is 7.04. The number of hydrogen-bond acceptors (Lipinski definition) is 3. The maximum atomic E-state index is 12.5. The Morgan fingerprint density at radius 1 is 1.20 bits per heavy atom. The van der Waals surface area contributed by atoms with E-state index in [1.807, 2.05) is 63.1 Å². The van der Waals surface area contributed by atoms with Crippen molar-refractivity contribution >= 4 is 23.2 Å². The summed E-state index contributed by atoms with van der Waals surface area (Å²) in [4.78, 5) is 14.4. The van der Waals surface area contributed by atoms with Crippen LogP contribution in [0.3, 0.4) is 0 Å². The fourth-order valence-electron chi connectivity index (χ4n) is 2.34. The number of nitrogens with zero attached hydrogens (tertiary/aromatic N) is 1. The topological polar surface area (TPSA) is 41.6 Å². The zero-order valence-corrected chi connectivity index (χ0v) is 15.9. The first kappa shape index (κ1) is 19.3. The fourth-order valence-corrected chi connectivity index (χ4v) is 2.47. The molecule has 1 amide bonds. The van der Waals surface area contributed by atoms with Gasteiger partial charge in [-0.3, -0.25) is 9.69 Å². The molecule has 1 N–H and O–H groups in total. The van der Waals surface area contributed by atoms with Gasteiger partial charge in [0.05, 0.1) is 6.04 Å². The lowest BCUT2D eigenvalue weighted by atomic mass is 10.1. The first-order valence-electron chi connectivity index (χ1n) is 8.33. The van der Waals surface area contributed by atoms with Crippen molar-refractivity contribution in [1.29, 1.82) is 0 Å². The molecule has 5 heteroatoms. The number of carbonyl (C=O) groups is 1. The summed E-state index contributed by atoms with van der Waals surface area (Å²) in [5.41, 5.74) is 3.04. The van der Waals surface area contributed by atoms with Crippen molar-refractivity contribution < 1.29 is 9.53 Å². The van der Waals surface area contributed by atoms with Crippen LogP contribution in [-0.4, -0.2) is 37.0 Å². The van der Waals surface area contributed by atoms with E-state index in [4.69, 9.17) is 16.3 Å². The summed E-state index contributed by atoms with van der Waals surface area (Å²) in [6.07, 6.45) is 0. The second kappa shape index (κ2) is 8.88. The molecule has 0 saturated carbocycles. The molecule has 0 aromatic heterocycles. The Hall–Kier alpha value is -2.04. The van der Waals surface area contributed by atoms with Gasteiger partial charge in [-0.1, -0.05) is 23.7 Å². The maximum Gasteiger partial charge on any atom is 0.241 e. The largest absolute Gasteiger partial charge is 0.492 e. The molecule has 25 heavy (non-hydrogen) atoms. The van der Waals surface area contributed by atoms with Gasteiger partial charge in [0.25, 0.3) is 0 Å². The van der Waals surface area contributed by atoms with E-state index in [-0.39, 0.29) is 11.9 Å². The molecule has 0 heterocycles. The van der Waals surface area contributed by atoms with Gasteiger partial charge in [-0.2, -0.15) is 0 Å². The van der Waals surface area contributed by atoms with Crippen LogP contribution in [0.15, 0.2) is 42.5 Å². The second-order valence-corrected chi connectivity index (χ2v) is 6.70. The van der Waals surface area contributed by atoms with Crippen LogP contribution in [0, 0.1) is 13.8 Å². The predicted molar refractivity (Wildman–Crippen MR) is 104 cm³/mol. The van der Waals surface area contributed by atoms with Crippen LogP contribution in [0.25, 0.3) is 0 Å². The number of amides is 1. The molecule has 0 aliphatic rings. The summed E-state index contributed by atoms with van der Waals surface area (Å²) in [5.74, 6) is 0.744. The third-order valence-electron chi connectivity index (χ3n) is 4.22. The molecule has 4 nitrogen and oxygen atoms in total. The molecule has 0 aliphatic heterocycles. The van der Waals surface area contributed by atoms with Crippen molar-refractivity contribution in [1.82, 2.24) is 4.90 Å². The van der Waals surface area contributed by atoms with Crippen molar-refractivity contribution in [3.63, 3.8) is 0 Å². The normalized spacial score (nSPS) is 12.1. The minimum atomic E-state index is -0.256. The number of hydrogen-bond donors (Lipinski definition) is 1. The zero-order valence-electron chi connectivity index (χ0n) is 15.2. The van der Waals surface area contributed by atoms with E-state index in [2.05, 4.69) is 5.32 Å². The van der Waals surface area contributed by atoms with E-state index < -0.39 is 0 Å². The van der Waals surface area contributed by atoms with Crippen molar-refractivity contribution in [2.24, 2.45) is 0 Å². The fraction of sp³-hybridized carbons (Fsp3) is 0.350. The Kier molecular flexibility index (Phi) is 6.85. The van der Waals surface area contributed by atoms with Gasteiger partial charge in [-0.05, 0) is 69.3 Å². The molecular weight excluding hydrogens is 336 g/mol. The van der Waals surface area contributed by atoms with Crippen LogP contribution >= 0.6 is 11.6 Å². The van der Waals surface area contributed by atoms with Crippen molar-refractivity contribution in [2.45, 2.75) is 26.8 Å². The van der Waals surface area contributed by atoms with Crippen LogP contribution in [0.5, 0.6) is 5.75 Å². The Labute approximate surface area is 154 Å². The quantitative estimate of drug-likeness (QED) is 0.800. The van der Waals surface area contributed by atoms with Crippen LogP contribution in [0.1, 0.15) is 18.1 Å². The minimum absolute atomic E-state index is 0.0253. The van der Waals surface area contributed by atoms with Gasteiger partial charge in [0.1, 0.15) is 12.4 Å². The van der Waals surface area contributed by atoms with Gasteiger partial charge in [-0.15, -0.1) is 0 Å². The first-order valence-corrected chi connectivity index (χ1v) is 8.71. The highest BCUT2D eigenvalue weighted by Gasteiger charge is 2.18. The molecule has 0 radical (unpaired) electrons. The molecule has 2 aromatic rings. The molecule has 2 aromatic carbocycles. The molecule has 0 bridgehead atoms. The summed E-state index contributed by atoms with van der Waals surface area (Å²) in [7, 11) is 1.92. The lowest BCUT2D eigenvalue weighted by Gasteiger charge is -2.24. The number of aryl methyl sites for hydroxylation is 2. The molecule has 2 rings (SSSR count). The predicted octanol–water partition coefficient (Wildman–Crippen LogP) is 4.29. The number of nitrogens with one attached hydrogen (secondary N) is 1. The molecule has 0 spiro atoms. The van der Waals surface area contributed by atoms with Gasteiger partial charge >= 0.3 is 0 Å². The molecule has 0 fully saturated rings. The summed E-state index contributed by atoms with van der Waals surface area (Å²) in [6, 6.07) is 13.0. The van der Waals surface area contributed by atoms with E-state index in [0.717, 1.165) is 22.6 Å². The summed E-state index contributed by atoms with van der Waals surface area (Å²) >= 11 is 5.85.